The van der Waals surface area contributed by atoms with Crippen LogP contribution in [0.15, 0.2) is 48.5 Å². The lowest BCUT2D eigenvalue weighted by molar-refractivity contribution is -0.132. The maximum absolute atomic E-state index is 13.5. The van der Waals surface area contributed by atoms with E-state index < -0.39 is 17.0 Å². The third-order valence-electron chi connectivity index (χ3n) is 7.11. The standard InChI is InChI=1S/C27H36FN3O4/c1-21-6-3-4-9-25(21)30-12-10-26(33,11-13-30)17-29-14-15-31(22(2)32)19-27(34,18-29)20-35-24-8-5-7-23(28)16-24/h3-9,16,33-34H,10-15,17-20H2,1-2H3. The first-order chi connectivity index (χ1) is 16.6. The second-order valence-electron chi connectivity index (χ2n) is 10.1. The molecule has 2 aliphatic rings. The van der Waals surface area contributed by atoms with Crippen LogP contribution in [-0.2, 0) is 4.79 Å². The smallest absolute Gasteiger partial charge is 0.219 e. The molecule has 0 spiro atoms. The monoisotopic (exact) mass is 485 g/mol. The predicted molar refractivity (Wildman–Crippen MR) is 133 cm³/mol. The largest absolute Gasteiger partial charge is 0.490 e. The van der Waals surface area contributed by atoms with Crippen molar-refractivity contribution in [2.45, 2.75) is 37.9 Å². The van der Waals surface area contributed by atoms with Gasteiger partial charge in [0.05, 0.1) is 12.1 Å². The van der Waals surface area contributed by atoms with Crippen molar-refractivity contribution in [2.24, 2.45) is 0 Å². The van der Waals surface area contributed by atoms with Crippen molar-refractivity contribution in [1.29, 1.82) is 0 Å². The molecule has 35 heavy (non-hydrogen) atoms. The van der Waals surface area contributed by atoms with Crippen LogP contribution in [0, 0.1) is 12.7 Å². The number of β-amino-alcohol motifs (C(OH)–C–C–N with tert-alkyl or cyclic N) is 2. The van der Waals surface area contributed by atoms with Gasteiger partial charge in [0.25, 0.3) is 0 Å². The van der Waals surface area contributed by atoms with Gasteiger partial charge in [-0.05, 0) is 43.5 Å². The van der Waals surface area contributed by atoms with E-state index in [0.717, 1.165) is 13.1 Å². The molecule has 7 nitrogen and oxygen atoms in total. The Morgan fingerprint density at radius 2 is 1.74 bits per heavy atom. The number of carbonyl (C=O) groups excluding carboxylic acids is 1. The van der Waals surface area contributed by atoms with Gasteiger partial charge >= 0.3 is 0 Å². The van der Waals surface area contributed by atoms with E-state index in [1.165, 1.54) is 30.3 Å². The molecule has 2 N–H and O–H groups in total. The number of halogens is 1. The summed E-state index contributed by atoms with van der Waals surface area (Å²) >= 11 is 0. The highest BCUT2D eigenvalue weighted by Crippen LogP contribution is 2.30. The average molecular weight is 486 g/mol. The van der Waals surface area contributed by atoms with Crippen LogP contribution in [0.5, 0.6) is 5.75 Å². The maximum Gasteiger partial charge on any atom is 0.219 e. The van der Waals surface area contributed by atoms with Crippen molar-refractivity contribution < 1.29 is 24.1 Å². The number of hydrogen-bond acceptors (Lipinski definition) is 6. The Morgan fingerprint density at radius 3 is 2.43 bits per heavy atom. The minimum atomic E-state index is -1.35. The highest BCUT2D eigenvalue weighted by atomic mass is 19.1. The number of hydrogen-bond donors (Lipinski definition) is 2. The normalized spacial score (nSPS) is 23.1. The zero-order valence-corrected chi connectivity index (χ0v) is 20.6. The molecule has 2 heterocycles. The molecule has 2 saturated heterocycles. The van der Waals surface area contributed by atoms with Gasteiger partial charge in [-0.3, -0.25) is 9.69 Å². The number of amides is 1. The van der Waals surface area contributed by atoms with Crippen molar-refractivity contribution in [3.8, 4) is 5.75 Å². The van der Waals surface area contributed by atoms with Crippen LogP contribution in [0.3, 0.4) is 0 Å². The van der Waals surface area contributed by atoms with Crippen LogP contribution >= 0.6 is 0 Å². The van der Waals surface area contributed by atoms with Gasteiger partial charge in [-0.1, -0.05) is 24.3 Å². The van der Waals surface area contributed by atoms with E-state index in [2.05, 4.69) is 24.0 Å². The molecule has 4 rings (SSSR count). The Kier molecular flexibility index (Phi) is 7.64. The molecule has 2 fully saturated rings. The number of aryl methyl sites for hydroxylation is 1. The Labute approximate surface area is 206 Å². The van der Waals surface area contributed by atoms with Gasteiger partial charge in [0.1, 0.15) is 23.8 Å². The number of carbonyl (C=O) groups is 1. The van der Waals surface area contributed by atoms with Crippen LogP contribution in [0.2, 0.25) is 0 Å². The number of rotatable bonds is 6. The van der Waals surface area contributed by atoms with Gasteiger partial charge < -0.3 is 24.7 Å². The molecule has 190 valence electrons. The zero-order valence-electron chi connectivity index (χ0n) is 20.6. The number of aliphatic hydroxyl groups is 2. The second-order valence-corrected chi connectivity index (χ2v) is 10.1. The third-order valence-corrected chi connectivity index (χ3v) is 7.11. The molecule has 1 amide bonds. The third kappa shape index (κ3) is 6.51. The van der Waals surface area contributed by atoms with Crippen molar-refractivity contribution >= 4 is 11.6 Å². The highest BCUT2D eigenvalue weighted by molar-refractivity contribution is 5.73. The summed E-state index contributed by atoms with van der Waals surface area (Å²) in [5, 5.41) is 22.9. The topological polar surface area (TPSA) is 76.5 Å². The van der Waals surface area contributed by atoms with Gasteiger partial charge in [0.2, 0.25) is 5.91 Å². The molecular weight excluding hydrogens is 449 g/mol. The summed E-state index contributed by atoms with van der Waals surface area (Å²) in [4.78, 5) is 18.1. The van der Waals surface area contributed by atoms with Crippen LogP contribution in [0.1, 0.15) is 25.3 Å². The van der Waals surface area contributed by atoms with Gasteiger partial charge in [0, 0.05) is 57.9 Å². The van der Waals surface area contributed by atoms with E-state index in [1.54, 1.807) is 17.0 Å². The fourth-order valence-electron chi connectivity index (χ4n) is 5.17. The van der Waals surface area contributed by atoms with Crippen LogP contribution in [0.25, 0.3) is 0 Å². The summed E-state index contributed by atoms with van der Waals surface area (Å²) in [6.45, 7) is 6.78. The Balaban J connectivity index is 1.41. The van der Waals surface area contributed by atoms with Gasteiger partial charge in [-0.15, -0.1) is 0 Å². The molecule has 1 atom stereocenters. The lowest BCUT2D eigenvalue weighted by Crippen LogP contribution is -2.55. The van der Waals surface area contributed by atoms with Crippen molar-refractivity contribution in [2.75, 3.05) is 57.3 Å². The minimum Gasteiger partial charge on any atom is -0.490 e. The van der Waals surface area contributed by atoms with Crippen molar-refractivity contribution in [3.63, 3.8) is 0 Å². The first-order valence-electron chi connectivity index (χ1n) is 12.3. The minimum absolute atomic E-state index is 0.0871. The molecule has 0 radical (unpaired) electrons. The average Bonchev–Trinajstić information content (AvgIpc) is 2.98. The lowest BCUT2D eigenvalue weighted by Gasteiger charge is -2.43. The van der Waals surface area contributed by atoms with Crippen molar-refractivity contribution in [3.05, 3.63) is 59.9 Å². The summed E-state index contributed by atoms with van der Waals surface area (Å²) in [6.07, 6.45) is 1.24. The Bertz CT molecular complexity index is 1030. The molecule has 0 bridgehead atoms. The van der Waals surface area contributed by atoms with E-state index in [4.69, 9.17) is 4.74 Å². The van der Waals surface area contributed by atoms with E-state index in [0.29, 0.717) is 38.2 Å². The summed E-state index contributed by atoms with van der Waals surface area (Å²) < 4.78 is 19.3. The van der Waals surface area contributed by atoms with E-state index in [9.17, 15) is 19.4 Å². The van der Waals surface area contributed by atoms with Crippen LogP contribution in [0.4, 0.5) is 10.1 Å². The molecule has 2 aromatic rings. The quantitative estimate of drug-likeness (QED) is 0.655. The summed E-state index contributed by atoms with van der Waals surface area (Å²) in [6, 6.07) is 14.1. The lowest BCUT2D eigenvalue weighted by atomic mass is 9.89. The number of para-hydroxylation sites is 1. The van der Waals surface area contributed by atoms with Gasteiger partial charge in [-0.2, -0.15) is 0 Å². The van der Waals surface area contributed by atoms with E-state index in [-0.39, 0.29) is 25.6 Å². The molecule has 8 heteroatoms. The fraction of sp³-hybridized carbons (Fsp3) is 0.519. The number of ether oxygens (including phenoxy) is 1. The summed E-state index contributed by atoms with van der Waals surface area (Å²) in [7, 11) is 0. The Morgan fingerprint density at radius 1 is 1.00 bits per heavy atom. The molecule has 2 aliphatic heterocycles. The number of piperidine rings is 1. The Hall–Kier alpha value is -2.68. The molecule has 0 aromatic heterocycles. The number of anilines is 1. The molecule has 0 aliphatic carbocycles. The molecule has 1 unspecified atom stereocenters. The van der Waals surface area contributed by atoms with E-state index in [1.807, 2.05) is 17.0 Å². The molecule has 0 saturated carbocycles. The first-order valence-corrected chi connectivity index (χ1v) is 12.3. The number of nitrogens with zero attached hydrogens (tertiary/aromatic N) is 3. The first kappa shape index (κ1) is 25.4. The summed E-state index contributed by atoms with van der Waals surface area (Å²) in [5.74, 6) is -0.214. The molecule has 2 aromatic carbocycles. The van der Waals surface area contributed by atoms with Gasteiger partial charge in [-0.25, -0.2) is 4.39 Å². The SMILES string of the molecule is CC(=O)N1CCN(CC2(O)CCN(c3ccccc3C)CC2)CC(O)(COc2cccc(F)c2)C1. The highest BCUT2D eigenvalue weighted by Gasteiger charge is 2.41. The molecular formula is C27H36FN3O4. The maximum atomic E-state index is 13.5. The van der Waals surface area contributed by atoms with Crippen molar-refractivity contribution in [1.82, 2.24) is 9.80 Å². The number of benzene rings is 2. The predicted octanol–water partition coefficient (Wildman–Crippen LogP) is 2.44. The van der Waals surface area contributed by atoms with E-state index >= 15 is 0 Å². The fourth-order valence-corrected chi connectivity index (χ4v) is 5.17. The van der Waals surface area contributed by atoms with Crippen LogP contribution in [-0.4, -0.2) is 89.5 Å². The summed E-state index contributed by atoms with van der Waals surface area (Å²) in [5.41, 5.74) is 0.185. The van der Waals surface area contributed by atoms with Gasteiger partial charge in [0.15, 0.2) is 0 Å². The van der Waals surface area contributed by atoms with Crippen LogP contribution < -0.4 is 9.64 Å². The zero-order chi connectivity index (χ0) is 25.1. The second kappa shape index (κ2) is 10.5.